The molecular weight excluding hydrogens is 292 g/mol. The number of benzene rings is 1. The van der Waals surface area contributed by atoms with Crippen LogP contribution in [0.3, 0.4) is 0 Å². The molecule has 0 bridgehead atoms. The Hall–Kier alpha value is -2.18. The average molecular weight is 314 g/mol. The van der Waals surface area contributed by atoms with Crippen molar-refractivity contribution < 1.29 is 9.53 Å². The van der Waals surface area contributed by atoms with Gasteiger partial charge in [-0.15, -0.1) is 0 Å². The molecule has 1 unspecified atom stereocenters. The molecule has 1 aromatic carbocycles. The number of carbonyl (C=O) groups excluding carboxylic acids is 1. The minimum Gasteiger partial charge on any atom is -0.379 e. The maximum absolute atomic E-state index is 12.5. The summed E-state index contributed by atoms with van der Waals surface area (Å²) in [4.78, 5) is 14.8. The smallest absolute Gasteiger partial charge is 0.254 e. The molecule has 1 aliphatic rings. The van der Waals surface area contributed by atoms with Crippen LogP contribution in [-0.2, 0) is 11.8 Å². The summed E-state index contributed by atoms with van der Waals surface area (Å²) in [6, 6.07) is 10.0. The number of carbonyl (C=O) groups is 1. The van der Waals surface area contributed by atoms with Crippen LogP contribution in [0.25, 0.3) is 0 Å². The van der Waals surface area contributed by atoms with E-state index in [9.17, 15) is 4.79 Å². The second-order valence-electron chi connectivity index (χ2n) is 5.75. The quantitative estimate of drug-likeness (QED) is 0.901. The molecule has 0 aliphatic carbocycles. The fourth-order valence-electron chi connectivity index (χ4n) is 2.74. The molecule has 6 nitrogen and oxygen atoms in total. The Labute approximate surface area is 136 Å². The summed E-state index contributed by atoms with van der Waals surface area (Å²) >= 11 is 0. The lowest BCUT2D eigenvalue weighted by molar-refractivity contribution is 0.0332. The van der Waals surface area contributed by atoms with Crippen molar-refractivity contribution in [3.8, 4) is 0 Å². The van der Waals surface area contributed by atoms with Crippen molar-refractivity contribution in [1.29, 1.82) is 0 Å². The molecule has 1 fully saturated rings. The Morgan fingerprint density at radius 3 is 2.70 bits per heavy atom. The predicted octanol–water partition coefficient (Wildman–Crippen LogP) is 1.22. The third-order valence-corrected chi connectivity index (χ3v) is 4.02. The Morgan fingerprint density at radius 1 is 1.30 bits per heavy atom. The van der Waals surface area contributed by atoms with E-state index in [4.69, 9.17) is 4.74 Å². The molecule has 0 radical (unpaired) electrons. The van der Waals surface area contributed by atoms with Crippen molar-refractivity contribution in [1.82, 2.24) is 20.0 Å². The molecule has 1 N–H and O–H groups in total. The van der Waals surface area contributed by atoms with E-state index in [1.54, 1.807) is 24.1 Å². The molecule has 1 saturated heterocycles. The fourth-order valence-corrected chi connectivity index (χ4v) is 2.74. The topological polar surface area (TPSA) is 59.4 Å². The molecule has 1 aromatic heterocycles. The third kappa shape index (κ3) is 4.18. The van der Waals surface area contributed by atoms with E-state index < -0.39 is 0 Å². The SMILES string of the molecule is Cn1cc(C(=O)NC(CN2CCOCC2)c2ccccc2)cn1. The number of rotatable bonds is 5. The number of ether oxygens (including phenoxy) is 1. The lowest BCUT2D eigenvalue weighted by Gasteiger charge is -2.31. The van der Waals surface area contributed by atoms with Crippen LogP contribution in [0.2, 0.25) is 0 Å². The minimum absolute atomic E-state index is 0.0537. The number of amides is 1. The summed E-state index contributed by atoms with van der Waals surface area (Å²) in [5, 5.41) is 7.20. The summed E-state index contributed by atoms with van der Waals surface area (Å²) < 4.78 is 7.03. The molecule has 122 valence electrons. The molecular formula is C17H22N4O2. The second kappa shape index (κ2) is 7.39. The van der Waals surface area contributed by atoms with Crippen molar-refractivity contribution in [3.63, 3.8) is 0 Å². The maximum Gasteiger partial charge on any atom is 0.254 e. The van der Waals surface area contributed by atoms with Gasteiger partial charge in [0.1, 0.15) is 0 Å². The van der Waals surface area contributed by atoms with Crippen molar-refractivity contribution in [2.45, 2.75) is 6.04 Å². The van der Waals surface area contributed by atoms with Gasteiger partial charge in [0.25, 0.3) is 5.91 Å². The molecule has 2 aromatic rings. The van der Waals surface area contributed by atoms with E-state index >= 15 is 0 Å². The first-order valence-electron chi connectivity index (χ1n) is 7.87. The number of hydrogen-bond donors (Lipinski definition) is 1. The minimum atomic E-state index is -0.0970. The van der Waals surface area contributed by atoms with Crippen LogP contribution >= 0.6 is 0 Å². The first kappa shape index (κ1) is 15.7. The zero-order valence-electron chi connectivity index (χ0n) is 13.3. The first-order chi connectivity index (χ1) is 11.2. The van der Waals surface area contributed by atoms with E-state index in [1.807, 2.05) is 18.2 Å². The van der Waals surface area contributed by atoms with Gasteiger partial charge in [-0.05, 0) is 5.56 Å². The lowest BCUT2D eigenvalue weighted by Crippen LogP contribution is -2.43. The molecule has 1 aliphatic heterocycles. The molecule has 0 saturated carbocycles. The highest BCUT2D eigenvalue weighted by molar-refractivity contribution is 5.93. The van der Waals surface area contributed by atoms with Crippen molar-refractivity contribution in [2.24, 2.45) is 7.05 Å². The number of aryl methyl sites for hydroxylation is 1. The highest BCUT2D eigenvalue weighted by atomic mass is 16.5. The Bertz CT molecular complexity index is 635. The maximum atomic E-state index is 12.5. The predicted molar refractivity (Wildman–Crippen MR) is 87.1 cm³/mol. The molecule has 6 heteroatoms. The van der Waals surface area contributed by atoms with Gasteiger partial charge in [0, 0.05) is 32.9 Å². The van der Waals surface area contributed by atoms with Gasteiger partial charge in [-0.1, -0.05) is 30.3 Å². The molecule has 3 rings (SSSR count). The Kier molecular flexibility index (Phi) is 5.05. The molecule has 0 spiro atoms. The molecule has 1 amide bonds. The summed E-state index contributed by atoms with van der Waals surface area (Å²) in [6.45, 7) is 4.06. The molecule has 1 atom stereocenters. The summed E-state index contributed by atoms with van der Waals surface area (Å²) in [5.74, 6) is -0.0970. The van der Waals surface area contributed by atoms with Crippen LogP contribution < -0.4 is 5.32 Å². The van der Waals surface area contributed by atoms with Gasteiger partial charge in [0.2, 0.25) is 0 Å². The summed E-state index contributed by atoms with van der Waals surface area (Å²) in [6.07, 6.45) is 3.32. The number of nitrogens with one attached hydrogen (secondary N) is 1. The lowest BCUT2D eigenvalue weighted by atomic mass is 10.1. The van der Waals surface area contributed by atoms with Crippen molar-refractivity contribution in [2.75, 3.05) is 32.8 Å². The molecule has 23 heavy (non-hydrogen) atoms. The number of nitrogens with zero attached hydrogens (tertiary/aromatic N) is 3. The van der Waals surface area contributed by atoms with Crippen molar-refractivity contribution in [3.05, 3.63) is 53.9 Å². The van der Waals surface area contributed by atoms with Gasteiger partial charge < -0.3 is 10.1 Å². The van der Waals surface area contributed by atoms with E-state index in [-0.39, 0.29) is 11.9 Å². The zero-order valence-corrected chi connectivity index (χ0v) is 13.3. The normalized spacial score (nSPS) is 16.9. The average Bonchev–Trinajstić information content (AvgIpc) is 3.03. The van der Waals surface area contributed by atoms with E-state index in [0.29, 0.717) is 5.56 Å². The Balaban J connectivity index is 1.73. The van der Waals surface area contributed by atoms with Crippen LogP contribution in [0.15, 0.2) is 42.7 Å². The van der Waals surface area contributed by atoms with Crippen LogP contribution in [-0.4, -0.2) is 53.4 Å². The highest BCUT2D eigenvalue weighted by Crippen LogP contribution is 2.16. The standard InChI is InChI=1S/C17H22N4O2/c1-20-12-15(11-18-20)17(22)19-16(14-5-3-2-4-6-14)13-21-7-9-23-10-8-21/h2-6,11-12,16H,7-10,13H2,1H3,(H,19,22). The van der Waals surface area contributed by atoms with Crippen LogP contribution in [0.5, 0.6) is 0 Å². The Morgan fingerprint density at radius 2 is 2.04 bits per heavy atom. The zero-order chi connectivity index (χ0) is 16.1. The van der Waals surface area contributed by atoms with Gasteiger partial charge in [-0.2, -0.15) is 5.10 Å². The van der Waals surface area contributed by atoms with E-state index in [1.165, 1.54) is 0 Å². The van der Waals surface area contributed by atoms with E-state index in [0.717, 1.165) is 38.4 Å². The van der Waals surface area contributed by atoms with Crippen LogP contribution in [0.4, 0.5) is 0 Å². The van der Waals surface area contributed by atoms with Crippen LogP contribution in [0, 0.1) is 0 Å². The van der Waals surface area contributed by atoms with Gasteiger partial charge in [-0.25, -0.2) is 0 Å². The molecule has 2 heterocycles. The van der Waals surface area contributed by atoms with Crippen LogP contribution in [0.1, 0.15) is 22.0 Å². The largest absolute Gasteiger partial charge is 0.379 e. The summed E-state index contributed by atoms with van der Waals surface area (Å²) in [5.41, 5.74) is 1.69. The second-order valence-corrected chi connectivity index (χ2v) is 5.75. The monoisotopic (exact) mass is 314 g/mol. The summed E-state index contributed by atoms with van der Waals surface area (Å²) in [7, 11) is 1.80. The van der Waals surface area contributed by atoms with Gasteiger partial charge >= 0.3 is 0 Å². The fraction of sp³-hybridized carbons (Fsp3) is 0.412. The van der Waals surface area contributed by atoms with Crippen molar-refractivity contribution >= 4 is 5.91 Å². The number of aromatic nitrogens is 2. The van der Waals surface area contributed by atoms with Gasteiger partial charge in [-0.3, -0.25) is 14.4 Å². The number of hydrogen-bond acceptors (Lipinski definition) is 4. The highest BCUT2D eigenvalue weighted by Gasteiger charge is 2.21. The third-order valence-electron chi connectivity index (χ3n) is 4.02. The van der Waals surface area contributed by atoms with E-state index in [2.05, 4.69) is 27.4 Å². The first-order valence-corrected chi connectivity index (χ1v) is 7.87. The number of morpholine rings is 1. The van der Waals surface area contributed by atoms with Gasteiger partial charge in [0.05, 0.1) is 31.0 Å². The van der Waals surface area contributed by atoms with Gasteiger partial charge in [0.15, 0.2) is 0 Å².